The van der Waals surface area contributed by atoms with Crippen molar-refractivity contribution < 1.29 is 0 Å². The van der Waals surface area contributed by atoms with Gasteiger partial charge >= 0.3 is 0 Å². The van der Waals surface area contributed by atoms with Crippen LogP contribution in [0.25, 0.3) is 27.6 Å². The maximum absolute atomic E-state index is 4.69. The molecule has 2 aromatic heterocycles. The van der Waals surface area contributed by atoms with Gasteiger partial charge in [-0.15, -0.1) is 10.6 Å². The Kier molecular flexibility index (Phi) is 5.27. The van der Waals surface area contributed by atoms with Crippen molar-refractivity contribution in [2.24, 2.45) is 5.10 Å². The lowest BCUT2D eigenvalue weighted by Gasteiger charge is -2.27. The predicted octanol–water partition coefficient (Wildman–Crippen LogP) is 6.76. The predicted molar refractivity (Wildman–Crippen MR) is 155 cm³/mol. The molecule has 3 heterocycles. The van der Waals surface area contributed by atoms with Gasteiger partial charge in [-0.05, 0) is 60.7 Å². The molecule has 1 aliphatic rings. The number of hydrazone groups is 1. The molecule has 0 aliphatic carbocycles. The zero-order chi connectivity index (χ0) is 25.5. The third kappa shape index (κ3) is 3.73. The molecule has 6 aromatic rings. The Hall–Kier alpha value is -5.14. The zero-order valence-electron chi connectivity index (χ0n) is 20.8. The second-order valence-corrected chi connectivity index (χ2v) is 9.16. The van der Waals surface area contributed by atoms with Crippen LogP contribution in [0.1, 0.15) is 0 Å². The van der Waals surface area contributed by atoms with E-state index in [0.717, 1.165) is 39.6 Å². The van der Waals surface area contributed by atoms with Gasteiger partial charge in [-0.3, -0.25) is 4.57 Å². The normalized spacial score (nSPS) is 13.1. The third-order valence-corrected chi connectivity index (χ3v) is 6.77. The average Bonchev–Trinajstić information content (AvgIpc) is 3.55. The topological polar surface area (TPSA) is 51.9 Å². The third-order valence-electron chi connectivity index (χ3n) is 6.77. The van der Waals surface area contributed by atoms with Gasteiger partial charge < -0.3 is 4.90 Å². The number of nitrogens with zero attached hydrogens (tertiary/aromatic N) is 6. The number of hydrogen-bond donors (Lipinski definition) is 1. The maximum Gasteiger partial charge on any atom is 0.137 e. The van der Waals surface area contributed by atoms with Crippen LogP contribution in [-0.2, 0) is 0 Å². The smallest absolute Gasteiger partial charge is 0.137 e. The summed E-state index contributed by atoms with van der Waals surface area (Å²) in [6.45, 7) is 0. The summed E-state index contributed by atoms with van der Waals surface area (Å²) in [4.78, 5) is 6.97. The number of benzene rings is 4. The van der Waals surface area contributed by atoms with Gasteiger partial charge in [-0.25, -0.2) is 15.1 Å². The van der Waals surface area contributed by atoms with E-state index in [1.165, 1.54) is 10.8 Å². The zero-order valence-corrected chi connectivity index (χ0v) is 20.8. The van der Waals surface area contributed by atoms with Crippen molar-refractivity contribution in [1.82, 2.24) is 20.2 Å². The molecule has 0 bridgehead atoms. The van der Waals surface area contributed by atoms with E-state index in [2.05, 4.69) is 117 Å². The molecule has 0 saturated heterocycles. The lowest BCUT2D eigenvalue weighted by atomic mass is 10.1. The number of hydrogen-bond acceptors (Lipinski definition) is 6. The number of fused-ring (bicyclic) bond motifs is 3. The molecular weight excluding hydrogens is 470 g/mol. The van der Waals surface area contributed by atoms with Gasteiger partial charge in [0.2, 0.25) is 0 Å². The van der Waals surface area contributed by atoms with Crippen LogP contribution < -0.4 is 15.4 Å². The number of rotatable bonds is 5. The monoisotopic (exact) mass is 495 g/mol. The largest absolute Gasteiger partial charge is 0.310 e. The minimum absolute atomic E-state index is 0.896. The second-order valence-electron chi connectivity index (χ2n) is 9.16. The van der Waals surface area contributed by atoms with Crippen molar-refractivity contribution in [3.05, 3.63) is 121 Å². The van der Waals surface area contributed by atoms with Gasteiger partial charge in [0, 0.05) is 41.1 Å². The molecule has 7 heteroatoms. The molecule has 1 aliphatic heterocycles. The van der Waals surface area contributed by atoms with E-state index in [4.69, 9.17) is 4.98 Å². The molecule has 0 spiro atoms. The van der Waals surface area contributed by atoms with Crippen LogP contribution in [0.3, 0.4) is 0 Å². The van der Waals surface area contributed by atoms with Gasteiger partial charge in [0.15, 0.2) is 0 Å². The minimum Gasteiger partial charge on any atom is -0.310 e. The first-order valence-corrected chi connectivity index (χ1v) is 12.5. The van der Waals surface area contributed by atoms with Gasteiger partial charge in [0.25, 0.3) is 0 Å². The summed E-state index contributed by atoms with van der Waals surface area (Å²) in [5, 5.41) is 10.2. The number of hydrazine groups is 2. The molecule has 4 aromatic carbocycles. The van der Waals surface area contributed by atoms with Gasteiger partial charge in [-0.1, -0.05) is 54.6 Å². The van der Waals surface area contributed by atoms with Crippen LogP contribution in [0.15, 0.2) is 127 Å². The van der Waals surface area contributed by atoms with Crippen molar-refractivity contribution in [2.75, 3.05) is 17.0 Å². The maximum atomic E-state index is 4.69. The summed E-state index contributed by atoms with van der Waals surface area (Å²) in [5.41, 5.74) is 9.59. The van der Waals surface area contributed by atoms with E-state index in [1.807, 2.05) is 36.5 Å². The molecule has 1 N–H and O–H groups in total. The van der Waals surface area contributed by atoms with Crippen molar-refractivity contribution in [2.45, 2.75) is 0 Å². The molecule has 0 radical (unpaired) electrons. The first kappa shape index (κ1) is 22.1. The first-order chi connectivity index (χ1) is 18.8. The quantitative estimate of drug-likeness (QED) is 0.286. The van der Waals surface area contributed by atoms with Gasteiger partial charge in [-0.2, -0.15) is 0 Å². The highest BCUT2D eigenvalue weighted by Gasteiger charge is 2.19. The number of para-hydroxylation sites is 2. The fraction of sp³-hybridized carbons (Fsp3) is 0.0323. The highest BCUT2D eigenvalue weighted by Crippen LogP contribution is 2.40. The Morgan fingerprint density at radius 2 is 1.42 bits per heavy atom. The van der Waals surface area contributed by atoms with E-state index < -0.39 is 0 Å². The molecule has 184 valence electrons. The van der Waals surface area contributed by atoms with Crippen molar-refractivity contribution >= 4 is 50.9 Å². The van der Waals surface area contributed by atoms with E-state index in [0.29, 0.717) is 0 Å². The van der Waals surface area contributed by atoms with Crippen LogP contribution in [0.2, 0.25) is 0 Å². The molecule has 7 rings (SSSR count). The van der Waals surface area contributed by atoms with Crippen LogP contribution in [0.4, 0.5) is 22.7 Å². The molecule has 0 fully saturated rings. The second kappa shape index (κ2) is 9.06. The van der Waals surface area contributed by atoms with Crippen LogP contribution in [0, 0.1) is 0 Å². The Labute approximate surface area is 220 Å². The highest BCUT2D eigenvalue weighted by molar-refractivity contribution is 6.10. The summed E-state index contributed by atoms with van der Waals surface area (Å²) in [6, 6.07) is 40.1. The molecule has 0 saturated carbocycles. The lowest BCUT2D eigenvalue weighted by Crippen LogP contribution is -2.38. The van der Waals surface area contributed by atoms with E-state index in [9.17, 15) is 0 Å². The van der Waals surface area contributed by atoms with Crippen LogP contribution >= 0.6 is 0 Å². The van der Waals surface area contributed by atoms with E-state index in [1.54, 1.807) is 11.5 Å². The SMILES string of the molecule is CN1N=CN(c2cccc(N(c3ccccc3)c3ccc4c5ccccc5n(-c5ccccn5)c4c3)c2)N1. The van der Waals surface area contributed by atoms with Gasteiger partial charge in [0.05, 0.1) is 16.7 Å². The number of anilines is 4. The lowest BCUT2D eigenvalue weighted by molar-refractivity contribution is 0.280. The first-order valence-electron chi connectivity index (χ1n) is 12.5. The Morgan fingerprint density at radius 1 is 0.658 bits per heavy atom. The molecule has 0 atom stereocenters. The van der Waals surface area contributed by atoms with Crippen molar-refractivity contribution in [1.29, 1.82) is 0 Å². The summed E-state index contributed by atoms with van der Waals surface area (Å²) < 4.78 is 2.24. The van der Waals surface area contributed by atoms with Crippen LogP contribution in [0.5, 0.6) is 0 Å². The van der Waals surface area contributed by atoms with Crippen molar-refractivity contribution in [3.63, 3.8) is 0 Å². The molecular formula is C31H25N7. The fourth-order valence-electron chi connectivity index (χ4n) is 5.10. The standard InChI is InChI=1S/C31H25N7/c1-35-33-22-36(34-35)24-12-9-13-25(20-24)37(23-10-3-2-4-11-23)26-17-18-28-27-14-5-6-15-29(27)38(30(28)21-26)31-16-7-8-19-32-31/h2-22,34H,1H3. The molecule has 7 nitrogen and oxygen atoms in total. The van der Waals surface area contributed by atoms with Gasteiger partial charge in [0.1, 0.15) is 12.2 Å². The Bertz CT molecular complexity index is 1780. The highest BCUT2D eigenvalue weighted by atomic mass is 15.9. The molecule has 0 unspecified atom stereocenters. The number of nitrogens with one attached hydrogen (secondary N) is 1. The number of aromatic nitrogens is 2. The Balaban J connectivity index is 1.44. The Morgan fingerprint density at radius 3 is 2.24 bits per heavy atom. The molecule has 38 heavy (non-hydrogen) atoms. The van der Waals surface area contributed by atoms with E-state index >= 15 is 0 Å². The van der Waals surface area contributed by atoms with Crippen LogP contribution in [-0.4, -0.2) is 28.1 Å². The minimum atomic E-state index is 0.896. The summed E-state index contributed by atoms with van der Waals surface area (Å²) >= 11 is 0. The summed E-state index contributed by atoms with van der Waals surface area (Å²) in [7, 11) is 1.87. The van der Waals surface area contributed by atoms with E-state index in [-0.39, 0.29) is 0 Å². The summed E-state index contributed by atoms with van der Waals surface area (Å²) in [6.07, 6.45) is 3.61. The fourth-order valence-corrected chi connectivity index (χ4v) is 5.10. The van der Waals surface area contributed by atoms with Crippen molar-refractivity contribution in [3.8, 4) is 5.82 Å². The number of pyridine rings is 1. The average molecular weight is 496 g/mol. The molecule has 0 amide bonds. The summed E-state index contributed by atoms with van der Waals surface area (Å²) in [5.74, 6) is 0.896.